The third-order valence-electron chi connectivity index (χ3n) is 3.69. The molecule has 146 valence electrons. The molecule has 0 heterocycles. The van der Waals surface area contributed by atoms with Gasteiger partial charge in [0.25, 0.3) is 5.91 Å². The zero-order chi connectivity index (χ0) is 21.1. The Kier molecular flexibility index (Phi) is 7.96. The van der Waals surface area contributed by atoms with Gasteiger partial charge in [-0.3, -0.25) is 4.79 Å². The van der Waals surface area contributed by atoms with Crippen molar-refractivity contribution in [2.75, 3.05) is 13.7 Å². The maximum atomic E-state index is 12.1. The number of benzene rings is 2. The number of hydrogen-bond acceptors (Lipinski definition) is 5. The number of nitriles is 1. The molecule has 0 radical (unpaired) electrons. The average Bonchev–Trinajstić information content (AvgIpc) is 2.75. The second kappa shape index (κ2) is 10.9. The highest BCUT2D eigenvalue weighted by molar-refractivity contribution is 6.01. The molecule has 2 aromatic carbocycles. The molecule has 0 saturated carbocycles. The third-order valence-corrected chi connectivity index (χ3v) is 3.69. The number of carbonyl (C=O) groups excluding carboxylic acids is 2. The Bertz CT molecular complexity index is 986. The van der Waals surface area contributed by atoms with E-state index in [1.807, 2.05) is 36.4 Å². The molecule has 0 atom stereocenters. The molecule has 2 rings (SSSR count). The van der Waals surface area contributed by atoms with Crippen LogP contribution in [0.25, 0.3) is 12.2 Å². The summed E-state index contributed by atoms with van der Waals surface area (Å²) in [4.78, 5) is 24.0. The lowest BCUT2D eigenvalue weighted by Crippen LogP contribution is -2.24. The van der Waals surface area contributed by atoms with E-state index in [1.54, 1.807) is 18.2 Å². The van der Waals surface area contributed by atoms with Gasteiger partial charge in [-0.25, -0.2) is 4.79 Å². The number of carbonyl (C=O) groups is 2. The van der Waals surface area contributed by atoms with Crippen LogP contribution < -0.4 is 14.8 Å². The number of nitrogens with zero attached hydrogens (tertiary/aromatic N) is 1. The first-order valence-electron chi connectivity index (χ1n) is 8.71. The van der Waals surface area contributed by atoms with Crippen LogP contribution in [0, 0.1) is 11.3 Å². The van der Waals surface area contributed by atoms with E-state index in [4.69, 9.17) is 9.47 Å². The van der Waals surface area contributed by atoms with Gasteiger partial charge < -0.3 is 14.8 Å². The summed E-state index contributed by atoms with van der Waals surface area (Å²) < 4.78 is 10.6. The zero-order valence-corrected chi connectivity index (χ0v) is 15.9. The molecule has 0 fully saturated rings. The number of amides is 1. The minimum absolute atomic E-state index is 0.0653. The SMILES string of the molecule is C=CCNC(=O)/C(C#N)=C/c1ccc(OC(=O)/C=C/c2ccccc2)c(OC)c1. The third kappa shape index (κ3) is 6.52. The Balaban J connectivity index is 2.15. The van der Waals surface area contributed by atoms with E-state index in [9.17, 15) is 14.9 Å². The monoisotopic (exact) mass is 388 g/mol. The summed E-state index contributed by atoms with van der Waals surface area (Å²) in [6.45, 7) is 3.76. The predicted octanol–water partition coefficient (Wildman–Crippen LogP) is 3.52. The number of rotatable bonds is 8. The predicted molar refractivity (Wildman–Crippen MR) is 111 cm³/mol. The number of hydrogen-bond donors (Lipinski definition) is 1. The highest BCUT2D eigenvalue weighted by Crippen LogP contribution is 2.29. The van der Waals surface area contributed by atoms with Crippen molar-refractivity contribution in [3.05, 3.63) is 84.0 Å². The van der Waals surface area contributed by atoms with Crippen LogP contribution in [0.3, 0.4) is 0 Å². The maximum absolute atomic E-state index is 12.1. The van der Waals surface area contributed by atoms with E-state index in [0.29, 0.717) is 11.3 Å². The van der Waals surface area contributed by atoms with Gasteiger partial charge in [0.1, 0.15) is 11.6 Å². The fourth-order valence-electron chi connectivity index (χ4n) is 2.30. The molecule has 0 aliphatic rings. The van der Waals surface area contributed by atoms with Gasteiger partial charge in [-0.1, -0.05) is 42.5 Å². The lowest BCUT2D eigenvalue weighted by Gasteiger charge is -2.09. The zero-order valence-electron chi connectivity index (χ0n) is 15.9. The van der Waals surface area contributed by atoms with Crippen LogP contribution in [0.15, 0.2) is 72.8 Å². The topological polar surface area (TPSA) is 88.4 Å². The normalized spacial score (nSPS) is 10.8. The average molecular weight is 388 g/mol. The fraction of sp³-hybridized carbons (Fsp3) is 0.0870. The summed E-state index contributed by atoms with van der Waals surface area (Å²) >= 11 is 0. The molecule has 0 bridgehead atoms. The van der Waals surface area contributed by atoms with E-state index in [-0.39, 0.29) is 17.9 Å². The Hall–Kier alpha value is -4.11. The van der Waals surface area contributed by atoms with Crippen LogP contribution in [0.4, 0.5) is 0 Å². The summed E-state index contributed by atoms with van der Waals surface area (Å²) in [5, 5.41) is 11.7. The first kappa shape index (κ1) is 21.2. The first-order valence-corrected chi connectivity index (χ1v) is 8.71. The lowest BCUT2D eigenvalue weighted by molar-refractivity contribution is -0.129. The van der Waals surface area contributed by atoms with Crippen molar-refractivity contribution in [3.8, 4) is 17.6 Å². The summed E-state index contributed by atoms with van der Waals surface area (Å²) in [7, 11) is 1.43. The van der Waals surface area contributed by atoms with Crippen LogP contribution >= 0.6 is 0 Å². The van der Waals surface area contributed by atoms with Gasteiger partial charge in [-0.05, 0) is 35.4 Å². The van der Waals surface area contributed by atoms with Crippen molar-refractivity contribution < 1.29 is 19.1 Å². The van der Waals surface area contributed by atoms with Gasteiger partial charge in [0, 0.05) is 12.6 Å². The Morgan fingerprint density at radius 1 is 1.14 bits per heavy atom. The summed E-state index contributed by atoms with van der Waals surface area (Å²) in [5.41, 5.74) is 1.35. The van der Waals surface area contributed by atoms with Gasteiger partial charge in [0.2, 0.25) is 0 Å². The van der Waals surface area contributed by atoms with Crippen molar-refractivity contribution >= 4 is 24.0 Å². The lowest BCUT2D eigenvalue weighted by atomic mass is 10.1. The Labute approximate surface area is 169 Å². The minimum Gasteiger partial charge on any atom is -0.493 e. The molecule has 29 heavy (non-hydrogen) atoms. The Morgan fingerprint density at radius 3 is 2.55 bits per heavy atom. The second-order valence-electron chi connectivity index (χ2n) is 5.74. The molecule has 0 aromatic heterocycles. The van der Waals surface area contributed by atoms with E-state index in [2.05, 4.69) is 11.9 Å². The van der Waals surface area contributed by atoms with Gasteiger partial charge in [0.15, 0.2) is 11.5 Å². The first-order chi connectivity index (χ1) is 14.1. The number of ether oxygens (including phenoxy) is 2. The van der Waals surface area contributed by atoms with Crippen molar-refractivity contribution in [1.29, 1.82) is 5.26 Å². The van der Waals surface area contributed by atoms with Gasteiger partial charge in [0.05, 0.1) is 7.11 Å². The fourth-order valence-corrected chi connectivity index (χ4v) is 2.30. The van der Waals surface area contributed by atoms with Crippen molar-refractivity contribution in [1.82, 2.24) is 5.32 Å². The maximum Gasteiger partial charge on any atom is 0.336 e. The van der Waals surface area contributed by atoms with Gasteiger partial charge >= 0.3 is 5.97 Å². The molecule has 1 N–H and O–H groups in total. The molecule has 0 unspecified atom stereocenters. The van der Waals surface area contributed by atoms with Crippen molar-refractivity contribution in [2.45, 2.75) is 0 Å². The second-order valence-corrected chi connectivity index (χ2v) is 5.74. The Morgan fingerprint density at radius 2 is 1.90 bits per heavy atom. The summed E-state index contributed by atoms with van der Waals surface area (Å²) in [6.07, 6.45) is 5.90. The molecule has 0 aliphatic carbocycles. The molecule has 1 amide bonds. The standard InChI is InChI=1S/C23H20N2O4/c1-3-13-25-23(27)19(16-24)14-18-9-11-20(21(15-18)28-2)29-22(26)12-10-17-7-5-4-6-8-17/h3-12,14-15H,1,13H2,2H3,(H,25,27)/b12-10+,19-14+. The van der Waals surface area contributed by atoms with Crippen molar-refractivity contribution in [3.63, 3.8) is 0 Å². The number of esters is 1. The molecule has 0 saturated heterocycles. The number of methoxy groups -OCH3 is 1. The quantitative estimate of drug-likeness (QED) is 0.246. The van der Waals surface area contributed by atoms with Crippen molar-refractivity contribution in [2.24, 2.45) is 0 Å². The van der Waals surface area contributed by atoms with E-state index in [1.165, 1.54) is 31.4 Å². The molecule has 0 spiro atoms. The highest BCUT2D eigenvalue weighted by atomic mass is 16.6. The molecular weight excluding hydrogens is 368 g/mol. The molecular formula is C23H20N2O4. The molecule has 6 nitrogen and oxygen atoms in total. The van der Waals surface area contributed by atoms with E-state index < -0.39 is 11.9 Å². The van der Waals surface area contributed by atoms with Crippen LogP contribution in [0.2, 0.25) is 0 Å². The van der Waals surface area contributed by atoms with E-state index >= 15 is 0 Å². The van der Waals surface area contributed by atoms with Crippen LogP contribution in [-0.2, 0) is 9.59 Å². The smallest absolute Gasteiger partial charge is 0.336 e. The molecule has 0 aliphatic heterocycles. The largest absolute Gasteiger partial charge is 0.493 e. The minimum atomic E-state index is -0.558. The van der Waals surface area contributed by atoms with Crippen LogP contribution in [0.5, 0.6) is 11.5 Å². The van der Waals surface area contributed by atoms with Crippen LogP contribution in [0.1, 0.15) is 11.1 Å². The van der Waals surface area contributed by atoms with Crippen LogP contribution in [-0.4, -0.2) is 25.5 Å². The number of nitrogens with one attached hydrogen (secondary N) is 1. The van der Waals surface area contributed by atoms with Gasteiger partial charge in [-0.15, -0.1) is 6.58 Å². The highest BCUT2D eigenvalue weighted by Gasteiger charge is 2.11. The summed E-state index contributed by atoms with van der Waals surface area (Å²) in [6, 6.07) is 15.9. The molecule has 2 aromatic rings. The molecule has 6 heteroatoms. The summed E-state index contributed by atoms with van der Waals surface area (Å²) in [5.74, 6) is -0.545. The van der Waals surface area contributed by atoms with Gasteiger partial charge in [-0.2, -0.15) is 5.26 Å². The van der Waals surface area contributed by atoms with E-state index in [0.717, 1.165) is 5.56 Å².